The summed E-state index contributed by atoms with van der Waals surface area (Å²) in [5, 5.41) is 0.699. The fourth-order valence-corrected chi connectivity index (χ4v) is 2.07. The van der Waals surface area contributed by atoms with Crippen molar-refractivity contribution in [2.24, 2.45) is 0 Å². The van der Waals surface area contributed by atoms with E-state index < -0.39 is 0 Å². The summed E-state index contributed by atoms with van der Waals surface area (Å²) < 4.78 is 0. The largest absolute Gasteiger partial charge is 0.289 e. The topological polar surface area (TPSA) is 30.0 Å². The van der Waals surface area contributed by atoms with Crippen molar-refractivity contribution in [1.82, 2.24) is 4.98 Å². The molecule has 0 radical (unpaired) electrons. The molecule has 2 nitrogen and oxygen atoms in total. The number of hydrogen-bond donors (Lipinski definition) is 0. The Bertz CT molecular complexity index is 644. The Kier molecular flexibility index (Phi) is 2.07. The van der Waals surface area contributed by atoms with Gasteiger partial charge in [0, 0.05) is 5.39 Å². The summed E-state index contributed by atoms with van der Waals surface area (Å²) in [4.78, 5) is 16.5. The number of allylic oxidation sites excluding steroid dienone is 1. The highest BCUT2D eigenvalue weighted by atomic mass is 16.1. The van der Waals surface area contributed by atoms with Gasteiger partial charge in [-0.1, -0.05) is 18.2 Å². The lowest BCUT2D eigenvalue weighted by atomic mass is 10.0. The average molecular weight is 209 g/mol. The number of aromatic nitrogens is 1. The summed E-state index contributed by atoms with van der Waals surface area (Å²) >= 11 is 0. The quantitative estimate of drug-likeness (QED) is 0.667. The van der Waals surface area contributed by atoms with E-state index in [0.29, 0.717) is 5.39 Å². The van der Waals surface area contributed by atoms with Crippen molar-refractivity contribution >= 4 is 17.0 Å². The van der Waals surface area contributed by atoms with Gasteiger partial charge in [-0.15, -0.1) is 0 Å². The van der Waals surface area contributed by atoms with Crippen LogP contribution in [0.3, 0.4) is 0 Å². The first-order valence-corrected chi connectivity index (χ1v) is 5.44. The Balaban J connectivity index is 2.49. The van der Waals surface area contributed by atoms with Crippen molar-refractivity contribution in [1.29, 1.82) is 0 Å². The number of rotatable bonds is 0. The highest BCUT2D eigenvalue weighted by Gasteiger charge is 2.07. The van der Waals surface area contributed by atoms with Crippen LogP contribution in [0.4, 0.5) is 0 Å². The molecule has 0 fully saturated rings. The number of aryl methyl sites for hydroxylation is 1. The van der Waals surface area contributed by atoms with Gasteiger partial charge in [0.2, 0.25) is 0 Å². The van der Waals surface area contributed by atoms with Crippen LogP contribution in [0.2, 0.25) is 0 Å². The van der Waals surface area contributed by atoms with Crippen molar-refractivity contribution in [2.75, 3.05) is 0 Å². The smallest absolute Gasteiger partial charge is 0.188 e. The minimum absolute atomic E-state index is 0.0691. The molecule has 1 aliphatic carbocycles. The molecule has 2 heteroatoms. The highest BCUT2D eigenvalue weighted by molar-refractivity contribution is 5.79. The normalized spacial score (nSPS) is 13.8. The molecule has 16 heavy (non-hydrogen) atoms. The number of nitrogens with zero attached hydrogens (tertiary/aromatic N) is 1. The second-order valence-electron chi connectivity index (χ2n) is 3.99. The molecule has 0 saturated heterocycles. The molecule has 3 rings (SSSR count). The van der Waals surface area contributed by atoms with Crippen LogP contribution in [0.25, 0.3) is 17.0 Å². The number of benzene rings is 1. The third-order valence-corrected chi connectivity index (χ3v) is 2.90. The molecule has 0 unspecified atom stereocenters. The van der Waals surface area contributed by atoms with Gasteiger partial charge >= 0.3 is 0 Å². The molecule has 1 aromatic heterocycles. The second kappa shape index (κ2) is 3.56. The van der Waals surface area contributed by atoms with Gasteiger partial charge in [-0.05, 0) is 42.7 Å². The van der Waals surface area contributed by atoms with Gasteiger partial charge in [-0.3, -0.25) is 4.79 Å². The standard InChI is InChI=1S/C14H11NO/c16-14-9-10-5-1-3-7-12(10)15-13-8-4-2-6-11(13)14/h2-4,6-9H,1,5H2. The molecule has 2 aromatic rings. The predicted molar refractivity (Wildman–Crippen MR) is 65.4 cm³/mol. The fourth-order valence-electron chi connectivity index (χ4n) is 2.07. The maximum atomic E-state index is 12.0. The summed E-state index contributed by atoms with van der Waals surface area (Å²) in [6.45, 7) is 0. The molecule has 78 valence electrons. The van der Waals surface area contributed by atoms with Crippen molar-refractivity contribution < 1.29 is 0 Å². The van der Waals surface area contributed by atoms with E-state index in [2.05, 4.69) is 11.1 Å². The molecule has 0 bridgehead atoms. The second-order valence-corrected chi connectivity index (χ2v) is 3.99. The molecule has 0 atom stereocenters. The number of fused-ring (bicyclic) bond motifs is 2. The van der Waals surface area contributed by atoms with Crippen LogP contribution in [0, 0.1) is 0 Å². The van der Waals surface area contributed by atoms with E-state index in [0.717, 1.165) is 29.6 Å². The predicted octanol–water partition coefficient (Wildman–Crippen LogP) is 2.55. The zero-order valence-corrected chi connectivity index (χ0v) is 8.81. The van der Waals surface area contributed by atoms with Crippen LogP contribution in [-0.2, 0) is 6.42 Å². The summed E-state index contributed by atoms with van der Waals surface area (Å²) in [6.07, 6.45) is 6.02. The average Bonchev–Trinajstić information content (AvgIpc) is 2.45. The van der Waals surface area contributed by atoms with E-state index >= 15 is 0 Å². The molecule has 1 aromatic carbocycles. The van der Waals surface area contributed by atoms with Crippen molar-refractivity contribution in [3.63, 3.8) is 0 Å². The minimum atomic E-state index is 0.0691. The molecule has 0 aliphatic heterocycles. The lowest BCUT2D eigenvalue weighted by molar-refractivity contribution is 0.974. The maximum Gasteiger partial charge on any atom is 0.188 e. The van der Waals surface area contributed by atoms with Gasteiger partial charge in [0.25, 0.3) is 0 Å². The molecule has 0 saturated carbocycles. The monoisotopic (exact) mass is 209 g/mol. The van der Waals surface area contributed by atoms with E-state index in [1.807, 2.05) is 30.3 Å². The minimum Gasteiger partial charge on any atom is -0.289 e. The van der Waals surface area contributed by atoms with Crippen molar-refractivity contribution in [2.45, 2.75) is 12.8 Å². The van der Waals surface area contributed by atoms with Crippen LogP contribution in [-0.4, -0.2) is 4.98 Å². The molecular weight excluding hydrogens is 198 g/mol. The highest BCUT2D eigenvalue weighted by Crippen LogP contribution is 2.17. The van der Waals surface area contributed by atoms with Crippen molar-refractivity contribution in [3.05, 3.63) is 57.9 Å². The van der Waals surface area contributed by atoms with Crippen LogP contribution in [0.15, 0.2) is 41.2 Å². The molecular formula is C14H11NO. The van der Waals surface area contributed by atoms with Crippen LogP contribution in [0.1, 0.15) is 17.7 Å². The Morgan fingerprint density at radius 3 is 3.00 bits per heavy atom. The lowest BCUT2D eigenvalue weighted by Gasteiger charge is -2.04. The number of para-hydroxylation sites is 1. The first-order chi connectivity index (χ1) is 7.84. The van der Waals surface area contributed by atoms with Gasteiger partial charge in [0.15, 0.2) is 5.43 Å². The summed E-state index contributed by atoms with van der Waals surface area (Å²) in [6, 6.07) is 9.24. The summed E-state index contributed by atoms with van der Waals surface area (Å²) in [7, 11) is 0. The molecule has 1 aliphatic rings. The fraction of sp³-hybridized carbons (Fsp3) is 0.143. The molecule has 0 spiro atoms. The summed E-state index contributed by atoms with van der Waals surface area (Å²) in [5.74, 6) is 0. The Labute approximate surface area is 93.3 Å². The molecule has 0 amide bonds. The van der Waals surface area contributed by atoms with Crippen LogP contribution >= 0.6 is 0 Å². The Morgan fingerprint density at radius 1 is 1.19 bits per heavy atom. The number of hydrogen-bond acceptors (Lipinski definition) is 2. The SMILES string of the molecule is O=c1cc2c(nc3ccccc13)C=CCC2. The van der Waals surface area contributed by atoms with Gasteiger partial charge in [-0.25, -0.2) is 4.98 Å². The first-order valence-electron chi connectivity index (χ1n) is 5.44. The van der Waals surface area contributed by atoms with Crippen LogP contribution < -0.4 is 5.43 Å². The van der Waals surface area contributed by atoms with Gasteiger partial charge in [0.1, 0.15) is 0 Å². The Morgan fingerprint density at radius 2 is 2.06 bits per heavy atom. The third kappa shape index (κ3) is 1.43. The molecule has 0 N–H and O–H groups in total. The Hall–Kier alpha value is -1.96. The van der Waals surface area contributed by atoms with Crippen LogP contribution in [0.5, 0.6) is 0 Å². The van der Waals surface area contributed by atoms with Crippen molar-refractivity contribution in [3.8, 4) is 0 Å². The van der Waals surface area contributed by atoms with E-state index in [9.17, 15) is 4.79 Å². The van der Waals surface area contributed by atoms with Gasteiger partial charge < -0.3 is 0 Å². The zero-order chi connectivity index (χ0) is 11.0. The molecule has 1 heterocycles. The van der Waals surface area contributed by atoms with Gasteiger partial charge in [-0.2, -0.15) is 0 Å². The summed E-state index contributed by atoms with van der Waals surface area (Å²) in [5.41, 5.74) is 2.84. The zero-order valence-electron chi connectivity index (χ0n) is 8.81. The third-order valence-electron chi connectivity index (χ3n) is 2.90. The first kappa shape index (κ1) is 9.28. The van der Waals surface area contributed by atoms with E-state index in [1.54, 1.807) is 6.07 Å². The van der Waals surface area contributed by atoms with E-state index in [1.165, 1.54) is 0 Å². The van der Waals surface area contributed by atoms with E-state index in [4.69, 9.17) is 0 Å². The lowest BCUT2D eigenvalue weighted by Crippen LogP contribution is -1.98. The van der Waals surface area contributed by atoms with E-state index in [-0.39, 0.29) is 5.43 Å². The van der Waals surface area contributed by atoms with Gasteiger partial charge in [0.05, 0.1) is 11.2 Å². The maximum absolute atomic E-state index is 12.0.